The van der Waals surface area contributed by atoms with E-state index in [4.69, 9.17) is 32.9 Å². The van der Waals surface area contributed by atoms with Crippen molar-refractivity contribution in [3.63, 3.8) is 0 Å². The molecule has 52 heavy (non-hydrogen) atoms. The smallest absolute Gasteiger partial charge is 0.407 e. The Kier molecular flexibility index (Phi) is 13.8. The van der Waals surface area contributed by atoms with Crippen molar-refractivity contribution in [3.05, 3.63) is 75.5 Å². The maximum Gasteiger partial charge on any atom is 0.407 e. The highest BCUT2D eigenvalue weighted by molar-refractivity contribution is 6.30. The largest absolute Gasteiger partial charge is 0.481 e. The molecule has 0 radical (unpaired) electrons. The number of carbonyl (C=O) groups excluding carboxylic acids is 1. The highest BCUT2D eigenvalue weighted by Gasteiger charge is 2.34. The quantitative estimate of drug-likeness (QED) is 0.204. The number of anilines is 1. The summed E-state index contributed by atoms with van der Waals surface area (Å²) in [5.74, 6) is -1.10. The fourth-order valence-corrected chi connectivity index (χ4v) is 7.61. The minimum atomic E-state index is -1.000. The molecule has 2 fully saturated rings. The van der Waals surface area contributed by atoms with E-state index in [1.807, 2.05) is 69.1 Å². The molecule has 1 aromatic heterocycles. The molecule has 2 aromatic carbocycles. The molecule has 1 amide bonds. The van der Waals surface area contributed by atoms with Crippen LogP contribution in [0.5, 0.6) is 0 Å². The lowest BCUT2D eigenvalue weighted by molar-refractivity contribution is -0.139. The number of likely N-dealkylation sites (N-methyl/N-ethyl adjacent to an activating group) is 2. The van der Waals surface area contributed by atoms with Gasteiger partial charge in [-0.2, -0.15) is 4.98 Å². The summed E-state index contributed by atoms with van der Waals surface area (Å²) >= 11 is 12.3. The van der Waals surface area contributed by atoms with E-state index in [9.17, 15) is 14.7 Å². The number of H-pyrrole nitrogens is 1. The molecule has 3 heterocycles. The lowest BCUT2D eigenvalue weighted by atomic mass is 9.97. The van der Waals surface area contributed by atoms with Gasteiger partial charge in [-0.05, 0) is 109 Å². The highest BCUT2D eigenvalue weighted by Crippen LogP contribution is 2.27. The summed E-state index contributed by atoms with van der Waals surface area (Å²) in [7, 11) is 4.05. The van der Waals surface area contributed by atoms with Crippen LogP contribution in [-0.4, -0.2) is 131 Å². The number of ether oxygens (including phenoxy) is 1. The van der Waals surface area contributed by atoms with Crippen molar-refractivity contribution in [3.8, 4) is 0 Å². The van der Waals surface area contributed by atoms with Crippen LogP contribution >= 0.6 is 23.2 Å². The Morgan fingerprint density at radius 1 is 1.00 bits per heavy atom. The molecule has 5 rings (SSSR count). The van der Waals surface area contributed by atoms with Gasteiger partial charge in [0.1, 0.15) is 17.3 Å². The summed E-state index contributed by atoms with van der Waals surface area (Å²) in [5, 5.41) is 22.1. The minimum Gasteiger partial charge on any atom is -0.481 e. The van der Waals surface area contributed by atoms with Crippen LogP contribution in [0.1, 0.15) is 62.9 Å². The molecule has 2 aliphatic rings. The second-order valence-corrected chi connectivity index (χ2v) is 16.2. The highest BCUT2D eigenvalue weighted by atomic mass is 35.5. The maximum atomic E-state index is 12.7. The first-order valence-electron chi connectivity index (χ1n) is 18.2. The van der Waals surface area contributed by atoms with Crippen LogP contribution in [0.4, 0.5) is 10.7 Å². The van der Waals surface area contributed by atoms with Crippen LogP contribution in [0.3, 0.4) is 0 Å². The number of hydrogen-bond acceptors (Lipinski definition) is 9. The van der Waals surface area contributed by atoms with E-state index in [-0.39, 0.29) is 12.6 Å². The number of carboxylic acid groups (broad SMARTS) is 1. The number of carboxylic acids is 1. The number of alkyl carbamates (subject to hydrolysis) is 1. The van der Waals surface area contributed by atoms with Crippen molar-refractivity contribution < 1.29 is 19.4 Å². The van der Waals surface area contributed by atoms with Crippen LogP contribution in [0.2, 0.25) is 10.0 Å². The molecule has 0 bridgehead atoms. The van der Waals surface area contributed by atoms with E-state index in [1.165, 1.54) is 5.56 Å². The third-order valence-corrected chi connectivity index (χ3v) is 10.3. The van der Waals surface area contributed by atoms with Crippen LogP contribution in [0.15, 0.2) is 48.5 Å². The molecule has 3 atom stereocenters. The molecule has 0 saturated carbocycles. The maximum absolute atomic E-state index is 12.7. The van der Waals surface area contributed by atoms with E-state index in [0.29, 0.717) is 41.8 Å². The number of halogens is 2. The summed E-state index contributed by atoms with van der Waals surface area (Å²) in [4.78, 5) is 39.2. The van der Waals surface area contributed by atoms with Gasteiger partial charge in [0.15, 0.2) is 0 Å². The number of nitrogens with zero attached hydrogens (tertiary/aromatic N) is 6. The third kappa shape index (κ3) is 11.8. The molecule has 3 aromatic rings. The van der Waals surface area contributed by atoms with Crippen molar-refractivity contribution in [2.24, 2.45) is 0 Å². The van der Waals surface area contributed by atoms with Crippen LogP contribution in [0.25, 0.3) is 0 Å². The Hall–Kier alpha value is -3.42. The topological polar surface area (TPSA) is 130 Å². The SMILES string of the molecule is CN(CC(Cc1ccc(Cl)cc1)NC(=O)OC(C)(C)C)CC(C(=O)O)c1nc(N2CCC(N3CCCN(C)CC3Cc3ccc(Cl)cc3)CC2)n[nH]1. The second kappa shape index (κ2) is 18.1. The Morgan fingerprint density at radius 3 is 2.25 bits per heavy atom. The van der Waals surface area contributed by atoms with E-state index in [0.717, 1.165) is 69.0 Å². The summed E-state index contributed by atoms with van der Waals surface area (Å²) in [6.07, 6.45) is 4.07. The first kappa shape index (κ1) is 39.8. The number of aliphatic carboxylic acids is 1. The number of rotatable bonds is 13. The first-order valence-corrected chi connectivity index (χ1v) is 19.0. The molecule has 0 spiro atoms. The van der Waals surface area contributed by atoms with Crippen molar-refractivity contribution in [1.82, 2.24) is 35.2 Å². The average Bonchev–Trinajstić information content (AvgIpc) is 3.49. The molecule has 2 aliphatic heterocycles. The van der Waals surface area contributed by atoms with Gasteiger partial charge in [0.2, 0.25) is 5.95 Å². The molecular formula is C38H54Cl2N8O4. The summed E-state index contributed by atoms with van der Waals surface area (Å²) in [5.41, 5.74) is 1.63. The zero-order chi connectivity index (χ0) is 37.4. The van der Waals surface area contributed by atoms with Gasteiger partial charge in [-0.15, -0.1) is 5.10 Å². The molecule has 2 saturated heterocycles. The number of aromatic nitrogens is 3. The van der Waals surface area contributed by atoms with E-state index >= 15 is 0 Å². The van der Waals surface area contributed by atoms with E-state index in [2.05, 4.69) is 49.4 Å². The van der Waals surface area contributed by atoms with E-state index in [1.54, 1.807) is 0 Å². The number of piperidine rings is 1. The van der Waals surface area contributed by atoms with Gasteiger partial charge in [-0.3, -0.25) is 14.8 Å². The summed E-state index contributed by atoms with van der Waals surface area (Å²) < 4.78 is 5.52. The van der Waals surface area contributed by atoms with Gasteiger partial charge >= 0.3 is 12.1 Å². The molecule has 284 valence electrons. The fourth-order valence-electron chi connectivity index (χ4n) is 7.36. The number of amides is 1. The number of aromatic amines is 1. The number of carbonyl (C=O) groups is 2. The number of benzene rings is 2. The Morgan fingerprint density at radius 2 is 1.63 bits per heavy atom. The van der Waals surface area contributed by atoms with Gasteiger partial charge < -0.3 is 29.9 Å². The van der Waals surface area contributed by atoms with Crippen LogP contribution in [0, 0.1) is 0 Å². The second-order valence-electron chi connectivity index (χ2n) is 15.4. The lowest BCUT2D eigenvalue weighted by Gasteiger charge is -2.42. The molecule has 12 nitrogen and oxygen atoms in total. The van der Waals surface area contributed by atoms with Crippen LogP contribution < -0.4 is 10.2 Å². The van der Waals surface area contributed by atoms with Gasteiger partial charge in [-0.1, -0.05) is 47.5 Å². The van der Waals surface area contributed by atoms with E-state index < -0.39 is 23.6 Å². The number of nitrogens with one attached hydrogen (secondary N) is 2. The first-order chi connectivity index (χ1) is 24.7. The fraction of sp³-hybridized carbons (Fsp3) is 0.579. The van der Waals surface area contributed by atoms with Crippen molar-refractivity contribution in [2.45, 2.75) is 82.5 Å². The third-order valence-electron chi connectivity index (χ3n) is 9.81. The van der Waals surface area contributed by atoms with Gasteiger partial charge in [0.05, 0.1) is 0 Å². The summed E-state index contributed by atoms with van der Waals surface area (Å²) in [6, 6.07) is 16.2. The minimum absolute atomic E-state index is 0.164. The molecular weight excluding hydrogens is 703 g/mol. The Bertz CT molecular complexity index is 1590. The summed E-state index contributed by atoms with van der Waals surface area (Å²) in [6.45, 7) is 10.8. The molecule has 3 unspecified atom stereocenters. The van der Waals surface area contributed by atoms with Crippen molar-refractivity contribution in [2.75, 3.05) is 64.8 Å². The standard InChI is InChI=1S/C38H54Cl2N8O4/c1-38(2,3)52-37(51)41-30(21-26-7-11-28(39)12-8-26)23-46(5)25-33(35(49)50)34-42-36(44-43-34)47-19-15-31(16-20-47)48-18-6-17-45(4)24-32(48)22-27-9-13-29(40)14-10-27/h7-14,30-33H,6,15-25H2,1-5H3,(H,41,51)(H,49,50)(H,42,43,44). The average molecular weight is 758 g/mol. The van der Waals surface area contributed by atoms with Crippen molar-refractivity contribution >= 4 is 41.2 Å². The van der Waals surface area contributed by atoms with Crippen LogP contribution in [-0.2, 0) is 22.4 Å². The van der Waals surface area contributed by atoms with Gasteiger partial charge in [0, 0.05) is 67.4 Å². The molecule has 3 N–H and O–H groups in total. The van der Waals surface area contributed by atoms with Gasteiger partial charge in [-0.25, -0.2) is 4.79 Å². The van der Waals surface area contributed by atoms with Gasteiger partial charge in [0.25, 0.3) is 0 Å². The predicted octanol–water partition coefficient (Wildman–Crippen LogP) is 5.57. The normalized spacial score (nSPS) is 19.3. The Labute approximate surface area is 317 Å². The zero-order valence-corrected chi connectivity index (χ0v) is 32.5. The van der Waals surface area contributed by atoms with Crippen molar-refractivity contribution in [1.29, 1.82) is 0 Å². The zero-order valence-electron chi connectivity index (χ0n) is 31.0. The molecule has 14 heteroatoms. The predicted molar refractivity (Wildman–Crippen MR) is 206 cm³/mol. The number of hydrogen-bond donors (Lipinski definition) is 3. The molecule has 0 aliphatic carbocycles. The monoisotopic (exact) mass is 756 g/mol. The Balaban J connectivity index is 1.20. The lowest BCUT2D eigenvalue weighted by Crippen LogP contribution is -2.51.